The summed E-state index contributed by atoms with van der Waals surface area (Å²) in [5, 5.41) is 8.92. The first-order valence-electron chi connectivity index (χ1n) is 6.05. The molecule has 0 spiro atoms. The van der Waals surface area contributed by atoms with E-state index >= 15 is 0 Å². The zero-order chi connectivity index (χ0) is 12.2. The predicted molar refractivity (Wildman–Crippen MR) is 61.9 cm³/mol. The van der Waals surface area contributed by atoms with Gasteiger partial charge in [-0.2, -0.15) is 0 Å². The largest absolute Gasteiger partial charge is 0.481 e. The van der Waals surface area contributed by atoms with E-state index in [0.29, 0.717) is 11.8 Å². The Morgan fingerprint density at radius 2 is 2.06 bits per heavy atom. The number of nitrogens with one attached hydrogen (secondary N) is 1. The highest BCUT2D eigenvalue weighted by Gasteiger charge is 2.39. The molecule has 0 saturated heterocycles. The molecule has 2 N–H and O–H groups in total. The molecule has 1 aliphatic rings. The lowest BCUT2D eigenvalue weighted by Gasteiger charge is -2.39. The van der Waals surface area contributed by atoms with E-state index in [4.69, 9.17) is 9.94 Å². The molecule has 0 unspecified atom stereocenters. The minimum absolute atomic E-state index is 0.0959. The first-order valence-corrected chi connectivity index (χ1v) is 6.05. The van der Waals surface area contributed by atoms with Crippen LogP contribution in [0.2, 0.25) is 0 Å². The molecule has 4 heteroatoms. The maximum absolute atomic E-state index is 10.9. The fraction of sp³-hybridized carbons (Fsp3) is 0.917. The zero-order valence-corrected chi connectivity index (χ0v) is 10.5. The minimum atomic E-state index is -0.779. The molecule has 0 aromatic heterocycles. The van der Waals surface area contributed by atoms with Gasteiger partial charge in [0.1, 0.15) is 5.60 Å². The van der Waals surface area contributed by atoms with Crippen molar-refractivity contribution in [2.45, 2.75) is 51.6 Å². The van der Waals surface area contributed by atoms with Gasteiger partial charge in [-0.05, 0) is 37.5 Å². The Bertz CT molecular complexity index is 232. The molecule has 0 aromatic rings. The van der Waals surface area contributed by atoms with Gasteiger partial charge in [-0.25, -0.2) is 5.48 Å². The molecule has 1 aliphatic carbocycles. The van der Waals surface area contributed by atoms with Gasteiger partial charge in [0.2, 0.25) is 0 Å². The average Bonchev–Trinajstić information content (AvgIpc) is 2.17. The summed E-state index contributed by atoms with van der Waals surface area (Å²) in [5.41, 5.74) is 2.17. The molecule has 1 rings (SSSR count). The van der Waals surface area contributed by atoms with Gasteiger partial charge in [0, 0.05) is 7.05 Å². The fourth-order valence-corrected chi connectivity index (χ4v) is 2.64. The molecule has 0 atom stereocenters. The quantitative estimate of drug-likeness (QED) is 0.709. The molecule has 16 heavy (non-hydrogen) atoms. The Morgan fingerprint density at radius 1 is 1.50 bits per heavy atom. The van der Waals surface area contributed by atoms with Crippen molar-refractivity contribution in [3.63, 3.8) is 0 Å². The van der Waals surface area contributed by atoms with Crippen LogP contribution in [0.3, 0.4) is 0 Å². The third kappa shape index (κ3) is 3.46. The molecule has 94 valence electrons. The molecule has 0 aromatic carbocycles. The Balaban J connectivity index is 2.58. The Hall–Kier alpha value is -0.610. The standard InChI is InChI=1S/C12H23NO3/c1-9(2)10-4-6-12(7-5-10,16-13-3)8-11(14)15/h9-10,13H,4-8H2,1-3H3,(H,14,15). The first kappa shape index (κ1) is 13.5. The predicted octanol–water partition coefficient (Wildman–Crippen LogP) is 2.20. The SMILES string of the molecule is CNOC1(CC(=O)O)CCC(C(C)C)CC1. The van der Waals surface area contributed by atoms with Gasteiger partial charge in [0.25, 0.3) is 0 Å². The van der Waals surface area contributed by atoms with Crippen LogP contribution in [0.1, 0.15) is 46.0 Å². The number of rotatable bonds is 5. The lowest BCUT2D eigenvalue weighted by atomic mass is 9.73. The Kier molecular flexibility index (Phi) is 4.74. The second kappa shape index (κ2) is 5.64. The third-order valence-corrected chi connectivity index (χ3v) is 3.68. The van der Waals surface area contributed by atoms with Crippen LogP contribution in [-0.4, -0.2) is 23.7 Å². The zero-order valence-electron chi connectivity index (χ0n) is 10.5. The summed E-state index contributed by atoms with van der Waals surface area (Å²) in [7, 11) is 1.69. The lowest BCUT2D eigenvalue weighted by molar-refractivity contribution is -0.160. The average molecular weight is 229 g/mol. The van der Waals surface area contributed by atoms with Crippen LogP contribution in [0.4, 0.5) is 0 Å². The summed E-state index contributed by atoms with van der Waals surface area (Å²) in [4.78, 5) is 16.3. The second-order valence-corrected chi connectivity index (χ2v) is 5.14. The first-order chi connectivity index (χ1) is 7.49. The molecule has 0 bridgehead atoms. The van der Waals surface area contributed by atoms with Crippen molar-refractivity contribution in [3.8, 4) is 0 Å². The molecule has 4 nitrogen and oxygen atoms in total. The normalized spacial score (nSPS) is 30.6. The van der Waals surface area contributed by atoms with Crippen LogP contribution >= 0.6 is 0 Å². The molecule has 1 saturated carbocycles. The van der Waals surface area contributed by atoms with Gasteiger partial charge in [0.05, 0.1) is 6.42 Å². The highest BCUT2D eigenvalue weighted by molar-refractivity contribution is 5.68. The second-order valence-electron chi connectivity index (χ2n) is 5.14. The van der Waals surface area contributed by atoms with E-state index in [9.17, 15) is 4.79 Å². The van der Waals surface area contributed by atoms with E-state index in [1.54, 1.807) is 7.05 Å². The van der Waals surface area contributed by atoms with E-state index in [2.05, 4.69) is 19.3 Å². The van der Waals surface area contributed by atoms with Gasteiger partial charge in [0.15, 0.2) is 0 Å². The maximum Gasteiger partial charge on any atom is 0.306 e. The Morgan fingerprint density at radius 3 is 2.44 bits per heavy atom. The van der Waals surface area contributed by atoms with E-state index in [-0.39, 0.29) is 6.42 Å². The topological polar surface area (TPSA) is 58.6 Å². The number of hydroxylamine groups is 1. The lowest BCUT2D eigenvalue weighted by Crippen LogP contribution is -2.43. The molecule has 0 aliphatic heterocycles. The number of aliphatic carboxylic acids is 1. The van der Waals surface area contributed by atoms with Crippen LogP contribution in [0.15, 0.2) is 0 Å². The molecular formula is C12H23NO3. The number of hydrogen-bond acceptors (Lipinski definition) is 3. The van der Waals surface area contributed by atoms with Crippen molar-refractivity contribution in [1.82, 2.24) is 5.48 Å². The van der Waals surface area contributed by atoms with Crippen molar-refractivity contribution in [2.24, 2.45) is 11.8 Å². The molecular weight excluding hydrogens is 206 g/mol. The van der Waals surface area contributed by atoms with Crippen molar-refractivity contribution < 1.29 is 14.7 Å². The van der Waals surface area contributed by atoms with Crippen molar-refractivity contribution >= 4 is 5.97 Å². The van der Waals surface area contributed by atoms with Crippen LogP contribution in [0.25, 0.3) is 0 Å². The number of carboxylic acid groups (broad SMARTS) is 1. The van der Waals surface area contributed by atoms with Gasteiger partial charge in [-0.1, -0.05) is 13.8 Å². The summed E-state index contributed by atoms with van der Waals surface area (Å²) >= 11 is 0. The number of hydrogen-bond donors (Lipinski definition) is 2. The highest BCUT2D eigenvalue weighted by Crippen LogP contribution is 2.39. The van der Waals surface area contributed by atoms with Crippen molar-refractivity contribution in [2.75, 3.05) is 7.05 Å². The van der Waals surface area contributed by atoms with Crippen LogP contribution in [0, 0.1) is 11.8 Å². The van der Waals surface area contributed by atoms with Crippen molar-refractivity contribution in [3.05, 3.63) is 0 Å². The van der Waals surface area contributed by atoms with Gasteiger partial charge in [-0.15, -0.1) is 0 Å². The minimum Gasteiger partial charge on any atom is -0.481 e. The molecule has 0 amide bonds. The fourth-order valence-electron chi connectivity index (χ4n) is 2.64. The molecule has 0 heterocycles. The summed E-state index contributed by atoms with van der Waals surface area (Å²) < 4.78 is 0. The van der Waals surface area contributed by atoms with Crippen LogP contribution in [0.5, 0.6) is 0 Å². The Labute approximate surface area is 97.3 Å². The van der Waals surface area contributed by atoms with Gasteiger partial charge >= 0.3 is 5.97 Å². The summed E-state index contributed by atoms with van der Waals surface area (Å²) in [6, 6.07) is 0. The van der Waals surface area contributed by atoms with Gasteiger partial charge < -0.3 is 5.11 Å². The van der Waals surface area contributed by atoms with E-state index in [0.717, 1.165) is 25.7 Å². The van der Waals surface area contributed by atoms with E-state index < -0.39 is 11.6 Å². The summed E-state index contributed by atoms with van der Waals surface area (Å²) in [6.45, 7) is 4.46. The smallest absolute Gasteiger partial charge is 0.306 e. The monoisotopic (exact) mass is 229 g/mol. The van der Waals surface area contributed by atoms with Crippen molar-refractivity contribution in [1.29, 1.82) is 0 Å². The number of carbonyl (C=O) groups is 1. The van der Waals surface area contributed by atoms with E-state index in [1.807, 2.05) is 0 Å². The van der Waals surface area contributed by atoms with Gasteiger partial charge in [-0.3, -0.25) is 9.63 Å². The molecule has 0 radical (unpaired) electrons. The molecule has 1 fully saturated rings. The summed E-state index contributed by atoms with van der Waals surface area (Å²) in [5.74, 6) is 0.609. The van der Waals surface area contributed by atoms with Crippen LogP contribution in [-0.2, 0) is 9.63 Å². The van der Waals surface area contributed by atoms with E-state index in [1.165, 1.54) is 0 Å². The number of carboxylic acids is 1. The summed E-state index contributed by atoms with van der Waals surface area (Å²) in [6.07, 6.45) is 3.89. The third-order valence-electron chi connectivity index (χ3n) is 3.68. The highest BCUT2D eigenvalue weighted by atomic mass is 16.7. The maximum atomic E-state index is 10.9. The van der Waals surface area contributed by atoms with Crippen LogP contribution < -0.4 is 5.48 Å².